The van der Waals surface area contributed by atoms with Crippen LogP contribution in [0.25, 0.3) is 27.0 Å². The van der Waals surface area contributed by atoms with Gasteiger partial charge in [-0.1, -0.05) is 11.6 Å². The fraction of sp³-hybridized carbons (Fsp3) is 0.217. The second kappa shape index (κ2) is 8.69. The van der Waals surface area contributed by atoms with E-state index < -0.39 is 40.8 Å². The molecular weight excluding hydrogens is 487 g/mol. The summed E-state index contributed by atoms with van der Waals surface area (Å²) in [5, 5.41) is 9.73. The molecule has 8 nitrogen and oxygen atoms in total. The van der Waals surface area contributed by atoms with Crippen LogP contribution in [0.1, 0.15) is 23.7 Å². The Morgan fingerprint density at radius 1 is 1.17 bits per heavy atom. The Bertz CT molecular complexity index is 1590. The van der Waals surface area contributed by atoms with Crippen LogP contribution in [0.15, 0.2) is 46.0 Å². The molecule has 1 atom stereocenters. The molecule has 0 amide bonds. The molecule has 0 aliphatic heterocycles. The van der Waals surface area contributed by atoms with Gasteiger partial charge in [-0.25, -0.2) is 14.2 Å². The molecule has 0 saturated carbocycles. The van der Waals surface area contributed by atoms with Crippen LogP contribution in [0.4, 0.5) is 13.2 Å². The van der Waals surface area contributed by atoms with E-state index in [1.807, 2.05) is 6.92 Å². The largest absolute Gasteiger partial charge is 0.479 e. The second-order valence-corrected chi connectivity index (χ2v) is 8.68. The van der Waals surface area contributed by atoms with Crippen LogP contribution >= 0.6 is 11.5 Å². The van der Waals surface area contributed by atoms with Crippen molar-refractivity contribution in [3.8, 4) is 22.7 Å². The Kier molecular flexibility index (Phi) is 6.01. The second-order valence-electron chi connectivity index (χ2n) is 7.88. The van der Waals surface area contributed by atoms with Crippen molar-refractivity contribution in [2.75, 3.05) is 0 Å². The van der Waals surface area contributed by atoms with Crippen molar-refractivity contribution in [1.29, 1.82) is 0 Å². The van der Waals surface area contributed by atoms with E-state index in [0.717, 1.165) is 24.0 Å². The number of aryl methyl sites for hydroxylation is 1. The number of nitrogens with one attached hydrogen (secondary N) is 1. The molecule has 0 saturated heterocycles. The summed E-state index contributed by atoms with van der Waals surface area (Å²) >= 11 is 1.13. The predicted octanol–water partition coefficient (Wildman–Crippen LogP) is 4.29. The molecule has 0 bridgehead atoms. The van der Waals surface area contributed by atoms with E-state index in [2.05, 4.69) is 4.37 Å². The summed E-state index contributed by atoms with van der Waals surface area (Å²) in [5.41, 5.74) is -2.56. The minimum absolute atomic E-state index is 0.0519. The number of H-pyrrole nitrogens is 1. The average molecular weight is 505 g/mol. The van der Waals surface area contributed by atoms with Gasteiger partial charge in [0.25, 0.3) is 5.56 Å². The van der Waals surface area contributed by atoms with Gasteiger partial charge in [0.2, 0.25) is 0 Å². The van der Waals surface area contributed by atoms with Gasteiger partial charge in [-0.3, -0.25) is 4.79 Å². The van der Waals surface area contributed by atoms with Gasteiger partial charge < -0.3 is 14.8 Å². The highest BCUT2D eigenvalue weighted by Crippen LogP contribution is 2.38. The van der Waals surface area contributed by atoms with Crippen molar-refractivity contribution >= 4 is 27.6 Å². The minimum Gasteiger partial charge on any atom is -0.479 e. The van der Waals surface area contributed by atoms with Gasteiger partial charge in [-0.2, -0.15) is 17.5 Å². The maximum absolute atomic E-state index is 13.2. The molecular formula is C23H18F3N3O5S. The molecule has 4 rings (SSSR count). The van der Waals surface area contributed by atoms with Gasteiger partial charge in [0.15, 0.2) is 6.10 Å². The van der Waals surface area contributed by atoms with Gasteiger partial charge in [0.1, 0.15) is 11.4 Å². The molecule has 2 aromatic carbocycles. The summed E-state index contributed by atoms with van der Waals surface area (Å²) in [7, 11) is 0. The highest BCUT2D eigenvalue weighted by Gasteiger charge is 2.35. The SMILES string of the molecule is Cc1ccc(OC(C)C(=O)O)c(-c2nsc3ccc(-n4c(=O)[nH]c(C(F)(F)F)c(C)c4=O)cc23)c1. The van der Waals surface area contributed by atoms with Gasteiger partial charge >= 0.3 is 17.8 Å². The van der Waals surface area contributed by atoms with Crippen LogP contribution < -0.4 is 16.0 Å². The van der Waals surface area contributed by atoms with Crippen molar-refractivity contribution in [1.82, 2.24) is 13.9 Å². The molecule has 12 heteroatoms. The third-order valence-corrected chi connectivity index (χ3v) is 6.20. The summed E-state index contributed by atoms with van der Waals surface area (Å²) in [6, 6.07) is 9.64. The van der Waals surface area contributed by atoms with Crippen molar-refractivity contribution in [2.45, 2.75) is 33.1 Å². The number of alkyl halides is 3. The number of aromatic nitrogens is 3. The van der Waals surface area contributed by atoms with Gasteiger partial charge in [0, 0.05) is 16.5 Å². The number of fused-ring (bicyclic) bond motifs is 1. The van der Waals surface area contributed by atoms with Crippen LogP contribution in [0.2, 0.25) is 0 Å². The number of rotatable bonds is 5. The first kappa shape index (κ1) is 24.2. The summed E-state index contributed by atoms with van der Waals surface area (Å²) in [6.45, 7) is 4.21. The summed E-state index contributed by atoms with van der Waals surface area (Å²) in [4.78, 5) is 38.3. The Morgan fingerprint density at radius 2 is 1.89 bits per heavy atom. The smallest absolute Gasteiger partial charge is 0.431 e. The number of carbonyl (C=O) groups is 1. The molecule has 0 fully saturated rings. The quantitative estimate of drug-likeness (QED) is 0.418. The Morgan fingerprint density at radius 3 is 2.54 bits per heavy atom. The minimum atomic E-state index is -4.88. The molecule has 182 valence electrons. The van der Waals surface area contributed by atoms with Gasteiger partial charge in [-0.05, 0) is 62.6 Å². The zero-order chi connectivity index (χ0) is 25.7. The van der Waals surface area contributed by atoms with Gasteiger partial charge in [0.05, 0.1) is 16.1 Å². The van der Waals surface area contributed by atoms with E-state index >= 15 is 0 Å². The summed E-state index contributed by atoms with van der Waals surface area (Å²) in [6.07, 6.45) is -6.02. The van der Waals surface area contributed by atoms with E-state index in [9.17, 15) is 32.7 Å². The van der Waals surface area contributed by atoms with Crippen molar-refractivity contribution < 1.29 is 27.8 Å². The van der Waals surface area contributed by atoms with E-state index in [-0.39, 0.29) is 11.4 Å². The fourth-order valence-electron chi connectivity index (χ4n) is 3.57. The number of ether oxygens (including phenoxy) is 1. The lowest BCUT2D eigenvalue weighted by atomic mass is 10.0. The molecule has 2 N–H and O–H groups in total. The zero-order valence-electron chi connectivity index (χ0n) is 18.6. The maximum Gasteiger partial charge on any atom is 0.431 e. The molecule has 0 spiro atoms. The lowest BCUT2D eigenvalue weighted by Crippen LogP contribution is -2.38. The molecule has 4 aromatic rings. The molecule has 1 unspecified atom stereocenters. The predicted molar refractivity (Wildman–Crippen MR) is 123 cm³/mol. The van der Waals surface area contributed by atoms with Crippen molar-refractivity contribution in [3.63, 3.8) is 0 Å². The van der Waals surface area contributed by atoms with Crippen LogP contribution in [-0.2, 0) is 11.0 Å². The number of nitrogens with zero attached hydrogens (tertiary/aromatic N) is 2. The highest BCUT2D eigenvalue weighted by atomic mass is 32.1. The molecule has 35 heavy (non-hydrogen) atoms. The number of hydrogen-bond donors (Lipinski definition) is 2. The molecule has 0 aliphatic carbocycles. The summed E-state index contributed by atoms with van der Waals surface area (Å²) in [5.74, 6) is -0.887. The lowest BCUT2D eigenvalue weighted by molar-refractivity contribution is -0.144. The number of aliphatic carboxylic acids is 1. The first-order chi connectivity index (χ1) is 16.4. The Labute approximate surface area is 199 Å². The highest BCUT2D eigenvalue weighted by molar-refractivity contribution is 7.13. The fourth-order valence-corrected chi connectivity index (χ4v) is 4.34. The van der Waals surface area contributed by atoms with Crippen molar-refractivity contribution in [3.05, 3.63) is 74.1 Å². The van der Waals surface area contributed by atoms with Crippen LogP contribution in [0.3, 0.4) is 0 Å². The number of halogens is 3. The third kappa shape index (κ3) is 4.44. The van der Waals surface area contributed by atoms with E-state index in [1.54, 1.807) is 29.2 Å². The number of carboxylic acid groups (broad SMARTS) is 1. The topological polar surface area (TPSA) is 114 Å². The Balaban J connectivity index is 1.91. The normalized spacial score (nSPS) is 12.6. The molecule has 0 aliphatic rings. The van der Waals surface area contributed by atoms with E-state index in [1.165, 1.54) is 19.1 Å². The first-order valence-electron chi connectivity index (χ1n) is 10.2. The summed E-state index contributed by atoms with van der Waals surface area (Å²) < 4.78 is 50.9. The van der Waals surface area contributed by atoms with Crippen LogP contribution in [0.5, 0.6) is 5.75 Å². The van der Waals surface area contributed by atoms with Gasteiger partial charge in [-0.15, -0.1) is 0 Å². The maximum atomic E-state index is 13.2. The number of carboxylic acids is 1. The lowest BCUT2D eigenvalue weighted by Gasteiger charge is -2.15. The molecule has 2 heterocycles. The number of benzene rings is 2. The third-order valence-electron chi connectivity index (χ3n) is 5.37. The van der Waals surface area contributed by atoms with Crippen LogP contribution in [-0.4, -0.2) is 31.1 Å². The van der Waals surface area contributed by atoms with E-state index in [4.69, 9.17) is 4.74 Å². The molecule has 0 radical (unpaired) electrons. The monoisotopic (exact) mass is 505 g/mol. The number of hydrogen-bond acceptors (Lipinski definition) is 6. The molecule has 2 aromatic heterocycles. The average Bonchev–Trinajstić information content (AvgIpc) is 3.20. The van der Waals surface area contributed by atoms with Crippen molar-refractivity contribution in [2.24, 2.45) is 0 Å². The van der Waals surface area contributed by atoms with Crippen LogP contribution in [0, 0.1) is 13.8 Å². The Hall–Kier alpha value is -3.93. The number of aromatic amines is 1. The first-order valence-corrected chi connectivity index (χ1v) is 11.0. The van der Waals surface area contributed by atoms with E-state index in [0.29, 0.717) is 25.9 Å². The zero-order valence-corrected chi connectivity index (χ0v) is 19.4. The standard InChI is InChI=1S/C23H18F3N3O5S/c1-10-4-6-16(34-12(3)21(31)32)14(8-10)18-15-9-13(5-7-17(15)35-28-18)29-20(30)11(2)19(23(24,25)26)27-22(29)33/h4-9,12H,1-3H3,(H,27,33)(H,31,32).